The van der Waals surface area contributed by atoms with Crippen molar-refractivity contribution < 1.29 is 14.2 Å². The fraction of sp³-hybridized carbons (Fsp3) is 0.143. The van der Waals surface area contributed by atoms with Crippen LogP contribution in [0.3, 0.4) is 0 Å². The number of nitro groups is 1. The molecule has 0 aliphatic rings. The summed E-state index contributed by atoms with van der Waals surface area (Å²) in [5.74, 6) is 4.04. The van der Waals surface area contributed by atoms with Gasteiger partial charge in [0.25, 0.3) is 10.6 Å². The van der Waals surface area contributed by atoms with Gasteiger partial charge in [0.1, 0.15) is 6.54 Å². The highest BCUT2D eigenvalue weighted by atomic mass is 79.9. The molecule has 0 aromatic carbocycles. The molecule has 2 heterocycles. The largest absolute Gasteiger partial charge is 0.492 e. The Kier molecular flexibility index (Phi) is 3.52. The van der Waals surface area contributed by atoms with Crippen LogP contribution in [0.4, 0.5) is 5.95 Å². The molecular weight excluding hydrogens is 326 g/mol. The Balaban J connectivity index is 2.19. The molecular formula is C7H6BrN7O4. The number of halogens is 1. The standard InChI is InChI=1S/C7H6BrN7O4/c8-6-10-7(15(17)18)12-14(6)2-3-1-4(13-19-3)5(16)11-9/h1H,2,9H2,(H,11,16). The summed E-state index contributed by atoms with van der Waals surface area (Å²) < 4.78 is 6.21. The van der Waals surface area contributed by atoms with Crippen molar-refractivity contribution in [3.63, 3.8) is 0 Å². The van der Waals surface area contributed by atoms with Crippen molar-refractivity contribution in [2.45, 2.75) is 6.54 Å². The highest BCUT2D eigenvalue weighted by Gasteiger charge is 2.21. The SMILES string of the molecule is NNC(=O)c1cc(Cn2nc([N+](=O)[O-])nc2Br)on1. The van der Waals surface area contributed by atoms with Gasteiger partial charge >= 0.3 is 5.95 Å². The summed E-state index contributed by atoms with van der Waals surface area (Å²) in [5.41, 5.74) is 1.88. The molecule has 0 aliphatic heterocycles. The van der Waals surface area contributed by atoms with E-state index in [4.69, 9.17) is 10.4 Å². The quantitative estimate of drug-likeness (QED) is 0.331. The molecule has 0 bridgehead atoms. The molecule has 0 spiro atoms. The summed E-state index contributed by atoms with van der Waals surface area (Å²) >= 11 is 3.02. The van der Waals surface area contributed by atoms with Gasteiger partial charge in [-0.3, -0.25) is 10.2 Å². The van der Waals surface area contributed by atoms with Gasteiger partial charge in [-0.1, -0.05) is 5.16 Å². The number of hydrazine groups is 1. The zero-order valence-corrected chi connectivity index (χ0v) is 10.7. The van der Waals surface area contributed by atoms with Crippen LogP contribution in [0.1, 0.15) is 16.2 Å². The predicted octanol–water partition coefficient (Wildman–Crippen LogP) is -0.411. The number of rotatable bonds is 4. The van der Waals surface area contributed by atoms with Gasteiger partial charge in [0.05, 0.1) is 0 Å². The maximum absolute atomic E-state index is 11.1. The fourth-order valence-corrected chi connectivity index (χ4v) is 1.57. The highest BCUT2D eigenvalue weighted by Crippen LogP contribution is 2.14. The topological polar surface area (TPSA) is 155 Å². The number of nitrogen functional groups attached to an aromatic ring is 1. The Bertz CT molecular complexity index is 635. The molecule has 0 aliphatic carbocycles. The lowest BCUT2D eigenvalue weighted by molar-refractivity contribution is -0.394. The van der Waals surface area contributed by atoms with E-state index in [1.165, 1.54) is 10.7 Å². The molecule has 0 radical (unpaired) electrons. The van der Waals surface area contributed by atoms with Crippen molar-refractivity contribution >= 4 is 27.8 Å². The third-order valence-corrected chi connectivity index (χ3v) is 2.59. The van der Waals surface area contributed by atoms with E-state index in [1.807, 2.05) is 5.43 Å². The lowest BCUT2D eigenvalue weighted by Crippen LogP contribution is -2.30. The van der Waals surface area contributed by atoms with Gasteiger partial charge in [0.15, 0.2) is 11.5 Å². The van der Waals surface area contributed by atoms with Gasteiger partial charge in [-0.25, -0.2) is 5.84 Å². The maximum atomic E-state index is 11.1. The summed E-state index contributed by atoms with van der Waals surface area (Å²) in [6, 6.07) is 1.34. The van der Waals surface area contributed by atoms with E-state index in [0.29, 0.717) is 0 Å². The fourth-order valence-electron chi connectivity index (χ4n) is 1.21. The van der Waals surface area contributed by atoms with Crippen LogP contribution in [0, 0.1) is 10.1 Å². The predicted molar refractivity (Wildman–Crippen MR) is 61.6 cm³/mol. The zero-order valence-electron chi connectivity index (χ0n) is 9.11. The van der Waals surface area contributed by atoms with E-state index in [0.717, 1.165) is 0 Å². The second kappa shape index (κ2) is 5.11. The van der Waals surface area contributed by atoms with Crippen LogP contribution in [0.2, 0.25) is 0 Å². The maximum Gasteiger partial charge on any atom is 0.492 e. The zero-order chi connectivity index (χ0) is 14.0. The monoisotopic (exact) mass is 331 g/mol. The van der Waals surface area contributed by atoms with E-state index in [1.54, 1.807) is 0 Å². The van der Waals surface area contributed by atoms with E-state index >= 15 is 0 Å². The molecule has 2 rings (SSSR count). The third kappa shape index (κ3) is 2.74. The van der Waals surface area contributed by atoms with Gasteiger partial charge in [-0.15, -0.1) is 0 Å². The number of aromatic nitrogens is 4. The average Bonchev–Trinajstić information content (AvgIpc) is 2.97. The van der Waals surface area contributed by atoms with Crippen LogP contribution in [-0.4, -0.2) is 30.8 Å². The van der Waals surface area contributed by atoms with Crippen LogP contribution in [0.5, 0.6) is 0 Å². The Morgan fingerprint density at radius 2 is 2.42 bits per heavy atom. The number of nitrogens with two attached hydrogens (primary N) is 1. The van der Waals surface area contributed by atoms with Gasteiger partial charge in [-0.2, -0.15) is 4.68 Å². The Morgan fingerprint density at radius 3 is 3.00 bits per heavy atom. The summed E-state index contributed by atoms with van der Waals surface area (Å²) in [5, 5.41) is 17.6. The first-order valence-electron chi connectivity index (χ1n) is 4.72. The number of nitrogens with zero attached hydrogens (tertiary/aromatic N) is 5. The van der Waals surface area contributed by atoms with Crippen LogP contribution in [-0.2, 0) is 6.54 Å². The Morgan fingerprint density at radius 1 is 1.68 bits per heavy atom. The molecule has 2 aromatic heterocycles. The minimum Gasteiger partial charge on any atom is -0.390 e. The number of hydrogen-bond donors (Lipinski definition) is 2. The molecule has 0 fully saturated rings. The number of nitrogens with one attached hydrogen (secondary N) is 1. The molecule has 2 aromatic rings. The van der Waals surface area contributed by atoms with Crippen molar-refractivity contribution in [1.82, 2.24) is 25.3 Å². The first kappa shape index (κ1) is 13.1. The third-order valence-electron chi connectivity index (χ3n) is 2.01. The first-order valence-corrected chi connectivity index (χ1v) is 5.52. The van der Waals surface area contributed by atoms with Crippen LogP contribution < -0.4 is 11.3 Å². The van der Waals surface area contributed by atoms with E-state index < -0.39 is 16.8 Å². The van der Waals surface area contributed by atoms with Gasteiger partial charge < -0.3 is 14.6 Å². The van der Waals surface area contributed by atoms with Crippen molar-refractivity contribution in [3.05, 3.63) is 32.4 Å². The minimum absolute atomic E-state index is 0.0109. The van der Waals surface area contributed by atoms with E-state index in [2.05, 4.69) is 31.2 Å². The summed E-state index contributed by atoms with van der Waals surface area (Å²) in [6.45, 7) is 0.0201. The molecule has 0 atom stereocenters. The number of carbonyl (C=O) groups is 1. The number of amides is 1. The minimum atomic E-state index is -0.727. The normalized spacial score (nSPS) is 10.4. The highest BCUT2D eigenvalue weighted by molar-refractivity contribution is 9.10. The van der Waals surface area contributed by atoms with Crippen LogP contribution in [0.25, 0.3) is 0 Å². The molecule has 0 saturated carbocycles. The Labute approximate surface area is 113 Å². The first-order chi connectivity index (χ1) is 9.01. The van der Waals surface area contributed by atoms with Gasteiger partial charge in [0, 0.05) is 27.1 Å². The number of hydrogen-bond acceptors (Lipinski definition) is 8. The molecule has 12 heteroatoms. The smallest absolute Gasteiger partial charge is 0.390 e. The molecule has 11 nitrogen and oxygen atoms in total. The average molecular weight is 332 g/mol. The second-order valence-electron chi connectivity index (χ2n) is 3.25. The van der Waals surface area contributed by atoms with Crippen molar-refractivity contribution in [1.29, 1.82) is 0 Å². The summed E-state index contributed by atoms with van der Waals surface area (Å²) in [7, 11) is 0. The number of carbonyl (C=O) groups excluding carboxylic acids is 1. The van der Waals surface area contributed by atoms with Crippen molar-refractivity contribution in [3.8, 4) is 0 Å². The second-order valence-corrected chi connectivity index (χ2v) is 3.96. The van der Waals surface area contributed by atoms with Crippen molar-refractivity contribution in [2.75, 3.05) is 0 Å². The lowest BCUT2D eigenvalue weighted by atomic mass is 10.3. The van der Waals surface area contributed by atoms with Gasteiger partial charge in [-0.05, 0) is 9.91 Å². The molecule has 3 N–H and O–H groups in total. The lowest BCUT2D eigenvalue weighted by Gasteiger charge is -1.91. The van der Waals surface area contributed by atoms with E-state index in [-0.39, 0.29) is 22.7 Å². The van der Waals surface area contributed by atoms with Gasteiger partial charge in [0.2, 0.25) is 0 Å². The summed E-state index contributed by atoms with van der Waals surface area (Å²) in [6.07, 6.45) is 0. The summed E-state index contributed by atoms with van der Waals surface area (Å²) in [4.78, 5) is 24.5. The molecule has 0 unspecified atom stereocenters. The van der Waals surface area contributed by atoms with Crippen LogP contribution in [0.15, 0.2) is 15.3 Å². The van der Waals surface area contributed by atoms with Crippen LogP contribution >= 0.6 is 15.9 Å². The molecule has 1 amide bonds. The molecule has 19 heavy (non-hydrogen) atoms. The van der Waals surface area contributed by atoms with E-state index in [9.17, 15) is 14.9 Å². The van der Waals surface area contributed by atoms with Crippen molar-refractivity contribution in [2.24, 2.45) is 5.84 Å². The Hall–Kier alpha value is -2.34. The molecule has 0 saturated heterocycles. The molecule has 100 valence electrons.